The molecule has 5 atom stereocenters. The number of nitrogens with two attached hydrogens (primary N) is 1. The Hall–Kier alpha value is -1.85. The molecule has 13 heteroatoms. The molecular weight excluding hydrogens is 515 g/mol. The summed E-state index contributed by atoms with van der Waals surface area (Å²) in [7, 11) is -4.58. The number of carbonyl (C=O) groups excluding carboxylic acids is 4. The maximum absolute atomic E-state index is 13.2. The molecule has 1 saturated carbocycles. The van der Waals surface area contributed by atoms with Crippen molar-refractivity contribution in [2.75, 3.05) is 13.1 Å². The second-order valence-electron chi connectivity index (χ2n) is 10.2. The van der Waals surface area contributed by atoms with Gasteiger partial charge in [-0.3, -0.25) is 18.7 Å². The van der Waals surface area contributed by atoms with Crippen LogP contribution in [0.25, 0.3) is 0 Å². The third kappa shape index (κ3) is 10.4. The van der Waals surface area contributed by atoms with Gasteiger partial charge in [0.2, 0.25) is 11.8 Å². The second kappa shape index (κ2) is 16.3. The van der Waals surface area contributed by atoms with Gasteiger partial charge in [0.1, 0.15) is 17.9 Å². The van der Waals surface area contributed by atoms with Crippen LogP contribution in [0.4, 0.5) is 0 Å². The van der Waals surface area contributed by atoms with Gasteiger partial charge in [-0.15, -0.1) is 0 Å². The molecule has 0 aromatic rings. The first-order chi connectivity index (χ1) is 18.1. The smallest absolute Gasteiger partial charge is 0.351 e. The van der Waals surface area contributed by atoms with Crippen LogP contribution >= 0.6 is 7.60 Å². The van der Waals surface area contributed by atoms with Crippen molar-refractivity contribution in [3.8, 4) is 0 Å². The highest BCUT2D eigenvalue weighted by Gasteiger charge is 2.39. The fraction of sp³-hybridized carbons (Fsp3) is 0.840. The second-order valence-corrected chi connectivity index (χ2v) is 12.2. The molecule has 0 aromatic carbocycles. The van der Waals surface area contributed by atoms with Gasteiger partial charge in [-0.25, -0.2) is 9.59 Å². The number of hydrogen-bond donors (Lipinski definition) is 5. The van der Waals surface area contributed by atoms with E-state index in [4.69, 9.17) is 15.0 Å². The van der Waals surface area contributed by atoms with Crippen molar-refractivity contribution in [2.24, 2.45) is 11.7 Å². The quantitative estimate of drug-likeness (QED) is 0.0807. The minimum absolute atomic E-state index is 0.120. The summed E-state index contributed by atoms with van der Waals surface area (Å²) >= 11 is 0. The molecule has 0 bridgehead atoms. The van der Waals surface area contributed by atoms with Crippen LogP contribution in [0.3, 0.4) is 0 Å². The number of esters is 2. The number of nitrogens with one attached hydrogen (secondary N) is 3. The van der Waals surface area contributed by atoms with Crippen LogP contribution in [-0.4, -0.2) is 65.7 Å². The number of carbonyl (C=O) groups is 4. The maximum Gasteiger partial charge on any atom is 0.351 e. The lowest BCUT2D eigenvalue weighted by atomic mass is 10.0. The largest absolute Gasteiger partial charge is 0.390 e. The zero-order chi connectivity index (χ0) is 28.1. The molecule has 0 aromatic heterocycles. The van der Waals surface area contributed by atoms with Gasteiger partial charge in [0.05, 0.1) is 0 Å². The van der Waals surface area contributed by atoms with E-state index in [2.05, 4.69) is 16.0 Å². The summed E-state index contributed by atoms with van der Waals surface area (Å²) in [5, 5.41) is 8.32. The Morgan fingerprint density at radius 3 is 2.37 bits per heavy atom. The van der Waals surface area contributed by atoms with Crippen molar-refractivity contribution in [2.45, 2.75) is 115 Å². The molecule has 0 spiro atoms. The summed E-state index contributed by atoms with van der Waals surface area (Å²) < 4.78 is 23.3. The number of hydrogen-bond acceptors (Lipinski definition) is 9. The molecule has 218 valence electrons. The van der Waals surface area contributed by atoms with E-state index in [1.165, 1.54) is 6.92 Å². The van der Waals surface area contributed by atoms with E-state index in [9.17, 15) is 28.6 Å². The van der Waals surface area contributed by atoms with Crippen LogP contribution in [0, 0.1) is 5.92 Å². The summed E-state index contributed by atoms with van der Waals surface area (Å²) in [6, 6.07) is -1.49. The average Bonchev–Trinajstić information content (AvgIpc) is 3.60. The SMILES string of the molecule is CCCCC(NC(=O)C(CCCCN)NC(=O)C1CCCC1)P(=O)(O)OC(C)C(=O)OC(=O)[C@@H]1CCCN1. The average molecular weight is 561 g/mol. The van der Waals surface area contributed by atoms with Crippen molar-refractivity contribution in [3.05, 3.63) is 0 Å². The van der Waals surface area contributed by atoms with Gasteiger partial charge in [0.25, 0.3) is 0 Å². The topological polar surface area (TPSA) is 186 Å². The third-order valence-corrected chi connectivity index (χ3v) is 8.82. The Bertz CT molecular complexity index is 845. The van der Waals surface area contributed by atoms with Crippen LogP contribution in [0.15, 0.2) is 0 Å². The zero-order valence-corrected chi connectivity index (χ0v) is 23.5. The Labute approximate surface area is 225 Å². The van der Waals surface area contributed by atoms with E-state index < -0.39 is 49.4 Å². The Balaban J connectivity index is 2.05. The van der Waals surface area contributed by atoms with Crippen molar-refractivity contribution < 1.29 is 37.9 Å². The molecule has 1 aliphatic carbocycles. The first-order valence-electron chi connectivity index (χ1n) is 13.9. The molecule has 0 radical (unpaired) electrons. The van der Waals surface area contributed by atoms with E-state index >= 15 is 0 Å². The van der Waals surface area contributed by atoms with Crippen LogP contribution in [0.2, 0.25) is 0 Å². The van der Waals surface area contributed by atoms with E-state index in [1.54, 1.807) is 0 Å². The normalized spacial score (nSPS) is 21.7. The van der Waals surface area contributed by atoms with Gasteiger partial charge in [-0.2, -0.15) is 0 Å². The summed E-state index contributed by atoms with van der Waals surface area (Å²) in [6.45, 7) is 4.19. The number of rotatable bonds is 16. The van der Waals surface area contributed by atoms with Crippen molar-refractivity contribution in [3.63, 3.8) is 0 Å². The fourth-order valence-electron chi connectivity index (χ4n) is 4.70. The van der Waals surface area contributed by atoms with E-state index in [0.717, 1.165) is 32.1 Å². The monoisotopic (exact) mass is 560 g/mol. The lowest BCUT2D eigenvalue weighted by Crippen LogP contribution is -2.51. The van der Waals surface area contributed by atoms with E-state index in [-0.39, 0.29) is 18.2 Å². The zero-order valence-electron chi connectivity index (χ0n) is 22.6. The molecule has 1 heterocycles. The highest BCUT2D eigenvalue weighted by atomic mass is 31.2. The molecule has 2 aliphatic rings. The lowest BCUT2D eigenvalue weighted by molar-refractivity contribution is -0.165. The Kier molecular flexibility index (Phi) is 13.9. The molecule has 12 nitrogen and oxygen atoms in total. The van der Waals surface area contributed by atoms with Crippen molar-refractivity contribution in [1.29, 1.82) is 0 Å². The highest BCUT2D eigenvalue weighted by Crippen LogP contribution is 2.49. The first-order valence-corrected chi connectivity index (χ1v) is 15.5. The van der Waals surface area contributed by atoms with Gasteiger partial charge >= 0.3 is 19.5 Å². The predicted octanol–water partition coefficient (Wildman–Crippen LogP) is 1.84. The summed E-state index contributed by atoms with van der Waals surface area (Å²) in [6.07, 6.45) is 6.19. The third-order valence-electron chi connectivity index (χ3n) is 7.03. The first kappa shape index (κ1) is 32.4. The summed E-state index contributed by atoms with van der Waals surface area (Å²) in [4.78, 5) is 61.2. The van der Waals surface area contributed by atoms with Crippen molar-refractivity contribution >= 4 is 31.3 Å². The van der Waals surface area contributed by atoms with Gasteiger partial charge in [0.15, 0.2) is 6.10 Å². The molecular formula is C25H45N4O8P. The Morgan fingerprint density at radius 1 is 1.05 bits per heavy atom. The van der Waals surface area contributed by atoms with Gasteiger partial charge in [-0.1, -0.05) is 32.6 Å². The minimum atomic E-state index is -4.58. The van der Waals surface area contributed by atoms with Crippen molar-refractivity contribution in [1.82, 2.24) is 16.0 Å². The van der Waals surface area contributed by atoms with Gasteiger partial charge < -0.3 is 31.3 Å². The fourth-order valence-corrected chi connectivity index (χ4v) is 6.19. The number of unbranched alkanes of at least 4 members (excludes halogenated alkanes) is 2. The standard InChI is InChI=1S/C25H45N4O8P/c1-3-4-14-21(38(34,35)37-17(2)24(32)36-25(33)20-13-9-16-27-20)29-23(31)19(12-7-8-15-26)28-22(30)18-10-5-6-11-18/h17-21,27H,3-16,26H2,1-2H3,(H,28,30)(H,29,31)(H,34,35)/t17?,19?,20-,21?/m0/s1. The van der Waals surface area contributed by atoms with E-state index in [1.807, 2.05) is 6.92 Å². The summed E-state index contributed by atoms with van der Waals surface area (Å²) in [5.41, 5.74) is 5.58. The van der Waals surface area contributed by atoms with Crippen LogP contribution in [-0.2, 0) is 33.0 Å². The summed E-state index contributed by atoms with van der Waals surface area (Å²) in [5.74, 6) is -4.08. The molecule has 1 aliphatic heterocycles. The minimum Gasteiger partial charge on any atom is -0.390 e. The van der Waals surface area contributed by atoms with Crippen LogP contribution < -0.4 is 21.7 Å². The van der Waals surface area contributed by atoms with Crippen LogP contribution in [0.5, 0.6) is 0 Å². The predicted molar refractivity (Wildman–Crippen MR) is 141 cm³/mol. The highest BCUT2D eigenvalue weighted by molar-refractivity contribution is 7.53. The Morgan fingerprint density at radius 2 is 1.76 bits per heavy atom. The van der Waals surface area contributed by atoms with Gasteiger partial charge in [0, 0.05) is 5.92 Å². The van der Waals surface area contributed by atoms with E-state index in [0.29, 0.717) is 51.6 Å². The molecule has 6 N–H and O–H groups in total. The number of amides is 2. The van der Waals surface area contributed by atoms with Crippen LogP contribution in [0.1, 0.15) is 90.9 Å². The molecule has 38 heavy (non-hydrogen) atoms. The molecule has 4 unspecified atom stereocenters. The molecule has 2 fully saturated rings. The number of ether oxygens (including phenoxy) is 1. The molecule has 2 rings (SSSR count). The molecule has 1 saturated heterocycles. The van der Waals surface area contributed by atoms with Gasteiger partial charge in [-0.05, 0) is 71.4 Å². The maximum atomic E-state index is 13.2. The lowest BCUT2D eigenvalue weighted by Gasteiger charge is -2.28. The molecule has 2 amide bonds.